The van der Waals surface area contributed by atoms with Crippen LogP contribution in [0.5, 0.6) is 0 Å². The number of nitrogens with zero attached hydrogens (tertiary/aromatic N) is 1. The first-order valence-corrected chi connectivity index (χ1v) is 22.2. The van der Waals surface area contributed by atoms with E-state index < -0.39 is 34.0 Å². The van der Waals surface area contributed by atoms with E-state index in [-0.39, 0.29) is 28.9 Å². The molecule has 0 radical (unpaired) electrons. The zero-order chi connectivity index (χ0) is 42.1. The van der Waals surface area contributed by atoms with Gasteiger partial charge in [-0.3, -0.25) is 9.69 Å². The van der Waals surface area contributed by atoms with Gasteiger partial charge in [-0.15, -0.1) is 10.3 Å². The van der Waals surface area contributed by atoms with E-state index in [2.05, 4.69) is 43.9 Å². The Morgan fingerprint density at radius 3 is 1.89 bits per heavy atom. The second-order valence-electron chi connectivity index (χ2n) is 15.5. The molecule has 0 bridgehead atoms. The van der Waals surface area contributed by atoms with Crippen LogP contribution in [0.2, 0.25) is 0 Å². The van der Waals surface area contributed by atoms with Crippen LogP contribution in [0.15, 0.2) is 84.9 Å². The molecule has 0 unspecified atom stereocenters. The molecule has 56 heavy (non-hydrogen) atoms. The first-order chi connectivity index (χ1) is 26.5. The first kappa shape index (κ1) is 48.1. The van der Waals surface area contributed by atoms with Crippen molar-refractivity contribution in [3.63, 3.8) is 0 Å². The van der Waals surface area contributed by atoms with Crippen LogP contribution < -0.4 is 10.6 Å². The number of ether oxygens (including phenoxy) is 3. The Kier molecular flexibility index (Phi) is 19.4. The van der Waals surface area contributed by atoms with Gasteiger partial charge in [-0.2, -0.15) is 0 Å². The molecule has 11 heteroatoms. The Hall–Kier alpha value is -4.06. The predicted octanol–water partition coefficient (Wildman–Crippen LogP) is 9.97. The maximum Gasteiger partial charge on any atom is 0.410 e. The molecule has 1 fully saturated rings. The normalized spacial score (nSPS) is 16.6. The van der Waals surface area contributed by atoms with Crippen molar-refractivity contribution in [2.75, 3.05) is 44.7 Å². The summed E-state index contributed by atoms with van der Waals surface area (Å²) >= 11 is 0. The number of morpholine rings is 1. The average Bonchev–Trinajstić information content (AvgIpc) is 3.17. The number of anilines is 1. The zero-order valence-electron chi connectivity index (χ0n) is 36.1. The molecular weight excluding hydrogens is 727 g/mol. The van der Waals surface area contributed by atoms with Crippen LogP contribution in [0, 0.1) is 0 Å². The van der Waals surface area contributed by atoms with Crippen molar-refractivity contribution in [3.8, 4) is 0 Å². The van der Waals surface area contributed by atoms with E-state index in [9.17, 15) is 14.4 Å². The van der Waals surface area contributed by atoms with Gasteiger partial charge in [-0.1, -0.05) is 127 Å². The van der Waals surface area contributed by atoms with Gasteiger partial charge >= 0.3 is 12.2 Å². The number of nitrogens with one attached hydrogen (secondary N) is 2. The number of carbonyl (C=O) groups is 3. The highest BCUT2D eigenvalue weighted by molar-refractivity contribution is 8.29. The Morgan fingerprint density at radius 2 is 1.38 bits per heavy atom. The van der Waals surface area contributed by atoms with Crippen molar-refractivity contribution < 1.29 is 32.8 Å². The Labute approximate surface area is 338 Å². The summed E-state index contributed by atoms with van der Waals surface area (Å²) < 4.78 is 23.6. The van der Waals surface area contributed by atoms with E-state index >= 15 is 0 Å². The largest absolute Gasteiger partial charge is 0.453 e. The zero-order valence-corrected chi connectivity index (χ0v) is 37.0. The molecule has 4 rings (SSSR count). The third kappa shape index (κ3) is 14.5. The summed E-state index contributed by atoms with van der Waals surface area (Å²) in [6, 6.07) is 25.6. The molecule has 0 aliphatic carbocycles. The van der Waals surface area contributed by atoms with Crippen molar-refractivity contribution in [2.24, 2.45) is 0 Å². The number of carbonyl (C=O) groups excluding carboxylic acids is 3. The van der Waals surface area contributed by atoms with Crippen LogP contribution >= 0.6 is 10.3 Å². The lowest BCUT2D eigenvalue weighted by Gasteiger charge is -2.46. The summed E-state index contributed by atoms with van der Waals surface area (Å²) in [7, 11) is -0.129. The number of hydrogen-bond donors (Lipinski definition) is 2. The van der Waals surface area contributed by atoms with E-state index in [4.69, 9.17) is 18.4 Å². The summed E-state index contributed by atoms with van der Waals surface area (Å²) in [6.45, 7) is 21.1. The number of amides is 3. The van der Waals surface area contributed by atoms with Crippen molar-refractivity contribution >= 4 is 34.1 Å². The van der Waals surface area contributed by atoms with Crippen LogP contribution in [-0.4, -0.2) is 90.9 Å². The average molecular weight is 796 g/mol. The fourth-order valence-corrected chi connectivity index (χ4v) is 6.66. The third-order valence-corrected chi connectivity index (χ3v) is 13.1. The number of alkyl carbamates (subject to hydrolysis) is 1. The molecule has 2 N–H and O–H groups in total. The van der Waals surface area contributed by atoms with Gasteiger partial charge < -0.3 is 29.0 Å². The molecule has 3 atom stereocenters. The standard InChI is InChI=1S/C41H57N3O7S.2C2H6/c1-40(2,3)51-39(47)44-26-33(49-27-32(44)28-50-52(8,9)41(4,5)6)25-24-29-18-16-17-23-34(29)42-37(45)36(43-38(46)48-7)35(30-19-12-10-13-20-30)31-21-14-11-15-22-31;2*1-2/h10-23,32-33,35-36H,24-28H2,1-9H3,(H,42,45)(H,43,46);2*1-2H3/t32-,33+,36-;;/m0../s1. The molecule has 1 saturated heterocycles. The van der Waals surface area contributed by atoms with Gasteiger partial charge in [0.1, 0.15) is 11.6 Å². The van der Waals surface area contributed by atoms with Crippen molar-refractivity contribution in [3.05, 3.63) is 102 Å². The summed E-state index contributed by atoms with van der Waals surface area (Å²) in [5.74, 6) is -0.876. The molecule has 0 spiro atoms. The Bertz CT molecular complexity index is 1580. The fourth-order valence-electron chi connectivity index (χ4n) is 5.81. The molecule has 1 aliphatic rings. The molecule has 1 aliphatic heterocycles. The molecule has 3 amide bonds. The number of hydrogen-bond acceptors (Lipinski definition) is 7. The molecule has 0 saturated carbocycles. The van der Waals surface area contributed by atoms with Gasteiger partial charge in [-0.25, -0.2) is 9.59 Å². The van der Waals surface area contributed by atoms with E-state index in [0.717, 1.165) is 16.7 Å². The highest BCUT2D eigenvalue weighted by atomic mass is 32.3. The van der Waals surface area contributed by atoms with Crippen molar-refractivity contribution in [1.82, 2.24) is 10.2 Å². The SMILES string of the molecule is CC.CC.COC(=O)N[C@H](C(=O)Nc1ccccc1CC[C@@H]1CN(C(=O)OC(C)(C)C)[C@H](COS(C)(C)C(C)(C)C)CO1)C(c1ccccc1)c1ccccc1. The molecule has 312 valence electrons. The second kappa shape index (κ2) is 22.6. The predicted molar refractivity (Wildman–Crippen MR) is 232 cm³/mol. The minimum absolute atomic E-state index is 0.0238. The summed E-state index contributed by atoms with van der Waals surface area (Å²) in [5, 5.41) is 5.90. The first-order valence-electron chi connectivity index (χ1n) is 19.8. The van der Waals surface area contributed by atoms with E-state index in [1.807, 2.05) is 133 Å². The molecule has 0 aromatic heterocycles. The number of aryl methyl sites for hydroxylation is 1. The lowest BCUT2D eigenvalue weighted by molar-refractivity contribution is -0.118. The topological polar surface area (TPSA) is 115 Å². The van der Waals surface area contributed by atoms with Crippen LogP contribution in [-0.2, 0) is 29.6 Å². The van der Waals surface area contributed by atoms with Crippen molar-refractivity contribution in [2.45, 2.75) is 117 Å². The van der Waals surface area contributed by atoms with Gasteiger partial charge in [0.2, 0.25) is 5.91 Å². The summed E-state index contributed by atoms with van der Waals surface area (Å²) in [6.07, 6.45) is 4.10. The molecular formula is C45H69N3O7S. The van der Waals surface area contributed by atoms with E-state index in [1.54, 1.807) is 4.90 Å². The molecule has 1 heterocycles. The van der Waals surface area contributed by atoms with Gasteiger partial charge in [0, 0.05) is 16.4 Å². The smallest absolute Gasteiger partial charge is 0.410 e. The monoisotopic (exact) mass is 795 g/mol. The quantitative estimate of drug-likeness (QED) is 0.188. The minimum Gasteiger partial charge on any atom is -0.453 e. The second-order valence-corrected chi connectivity index (χ2v) is 19.4. The maximum absolute atomic E-state index is 14.2. The van der Waals surface area contributed by atoms with Gasteiger partial charge in [0.25, 0.3) is 0 Å². The minimum atomic E-state index is -1.41. The van der Waals surface area contributed by atoms with Crippen LogP contribution in [0.1, 0.15) is 98.3 Å². The number of benzene rings is 3. The maximum atomic E-state index is 14.2. The van der Waals surface area contributed by atoms with Gasteiger partial charge in [0.05, 0.1) is 39.0 Å². The van der Waals surface area contributed by atoms with Crippen LogP contribution in [0.3, 0.4) is 0 Å². The van der Waals surface area contributed by atoms with Gasteiger partial charge in [-0.05, 0) is 68.9 Å². The summed E-state index contributed by atoms with van der Waals surface area (Å²) in [4.78, 5) is 42.1. The fraction of sp³-hybridized carbons (Fsp3) is 0.533. The Morgan fingerprint density at radius 1 is 0.839 bits per heavy atom. The molecule has 3 aromatic carbocycles. The highest BCUT2D eigenvalue weighted by Crippen LogP contribution is 2.53. The number of rotatable bonds is 12. The van der Waals surface area contributed by atoms with E-state index in [0.29, 0.717) is 38.3 Å². The van der Waals surface area contributed by atoms with E-state index in [1.165, 1.54) is 7.11 Å². The lowest BCUT2D eigenvalue weighted by atomic mass is 9.84. The molecule has 10 nitrogen and oxygen atoms in total. The van der Waals surface area contributed by atoms with Crippen LogP contribution in [0.25, 0.3) is 0 Å². The van der Waals surface area contributed by atoms with Crippen LogP contribution in [0.4, 0.5) is 15.3 Å². The number of methoxy groups -OCH3 is 1. The highest BCUT2D eigenvalue weighted by Gasteiger charge is 2.38. The Balaban J connectivity index is 0.00000262. The van der Waals surface area contributed by atoms with Crippen molar-refractivity contribution in [1.29, 1.82) is 0 Å². The third-order valence-electron chi connectivity index (χ3n) is 9.43. The summed E-state index contributed by atoms with van der Waals surface area (Å²) in [5.41, 5.74) is 2.62. The van der Waals surface area contributed by atoms with Gasteiger partial charge in [0.15, 0.2) is 0 Å². The lowest BCUT2D eigenvalue weighted by Crippen LogP contribution is -2.55. The number of para-hydroxylation sites is 1. The molecule has 3 aromatic rings.